The lowest BCUT2D eigenvalue weighted by Gasteiger charge is -2.52. The largest absolute Gasteiger partial charge is 0.508 e. The van der Waals surface area contributed by atoms with Gasteiger partial charge in [-0.05, 0) is 129 Å². The molecule has 4 bridgehead atoms. The molecule has 0 aliphatic heterocycles. The molecule has 0 atom stereocenters. The fourth-order valence-corrected chi connectivity index (χ4v) is 8.52. The molecule has 7 rings (SSSR count). The van der Waals surface area contributed by atoms with Gasteiger partial charge < -0.3 is 9.84 Å². The molecule has 39 heavy (non-hydrogen) atoms. The zero-order valence-corrected chi connectivity index (χ0v) is 23.6. The lowest BCUT2D eigenvalue weighted by Crippen LogP contribution is -2.40. The highest BCUT2D eigenvalue weighted by Gasteiger charge is 2.46. The summed E-state index contributed by atoms with van der Waals surface area (Å²) in [6.07, 6.45) is 18.0. The Kier molecular flexibility index (Phi) is 8.42. The van der Waals surface area contributed by atoms with Crippen molar-refractivity contribution in [3.05, 3.63) is 65.2 Å². The first-order valence-electron chi connectivity index (χ1n) is 15.9. The molecule has 5 aliphatic rings. The van der Waals surface area contributed by atoms with E-state index >= 15 is 0 Å². The van der Waals surface area contributed by atoms with Gasteiger partial charge in [0.1, 0.15) is 17.3 Å². The SMILES string of the molecule is O=C(CCCCCOc1ccc(C(=C2C3CC4CC(C3)CC2C4)c2ccc(O)cc2)cc1)C1CCCCCC1. The molecule has 0 saturated heterocycles. The van der Waals surface area contributed by atoms with Crippen LogP contribution in [0.25, 0.3) is 5.57 Å². The number of phenolic OH excluding ortho intramolecular Hbond substituents is 1. The summed E-state index contributed by atoms with van der Waals surface area (Å²) in [6.45, 7) is 0.704. The monoisotopic (exact) mass is 526 g/mol. The molecule has 2 aromatic carbocycles. The van der Waals surface area contributed by atoms with Gasteiger partial charge >= 0.3 is 0 Å². The predicted molar refractivity (Wildman–Crippen MR) is 158 cm³/mol. The standard InChI is InChI=1S/C36H46O3/c37-32-15-11-28(12-16-32)35(36-30-21-25-20-26(23-30)24-31(36)22-25)29-13-17-33(18-14-29)39-19-7-3-6-10-34(38)27-8-4-1-2-5-9-27/h11-18,25-27,30-31,37H,1-10,19-24H2. The molecule has 5 aliphatic carbocycles. The molecule has 0 radical (unpaired) electrons. The van der Waals surface area contributed by atoms with E-state index in [0.29, 0.717) is 24.1 Å². The Bertz CT molecular complexity index is 1100. The minimum Gasteiger partial charge on any atom is -0.508 e. The Hall–Kier alpha value is -2.55. The van der Waals surface area contributed by atoms with Gasteiger partial charge in [-0.15, -0.1) is 0 Å². The zero-order chi connectivity index (χ0) is 26.6. The molecular formula is C36H46O3. The van der Waals surface area contributed by atoms with E-state index in [9.17, 15) is 9.90 Å². The van der Waals surface area contributed by atoms with E-state index in [1.165, 1.54) is 74.5 Å². The first-order valence-corrected chi connectivity index (χ1v) is 15.9. The van der Waals surface area contributed by atoms with E-state index < -0.39 is 0 Å². The third kappa shape index (κ3) is 6.28. The van der Waals surface area contributed by atoms with Gasteiger partial charge in [0.25, 0.3) is 0 Å². The molecule has 0 unspecified atom stereocenters. The van der Waals surface area contributed by atoms with Gasteiger partial charge in [-0.3, -0.25) is 4.79 Å². The van der Waals surface area contributed by atoms with Gasteiger partial charge in [-0.1, -0.05) is 55.5 Å². The summed E-state index contributed by atoms with van der Waals surface area (Å²) in [4.78, 5) is 12.6. The van der Waals surface area contributed by atoms with Crippen LogP contribution >= 0.6 is 0 Å². The molecule has 5 fully saturated rings. The maximum atomic E-state index is 12.6. The van der Waals surface area contributed by atoms with E-state index in [1.54, 1.807) is 5.57 Å². The number of carbonyl (C=O) groups excluding carboxylic acids is 1. The van der Waals surface area contributed by atoms with Crippen molar-refractivity contribution in [3.8, 4) is 11.5 Å². The lowest BCUT2D eigenvalue weighted by atomic mass is 9.53. The molecule has 5 saturated carbocycles. The van der Waals surface area contributed by atoms with Crippen LogP contribution in [0, 0.1) is 29.6 Å². The summed E-state index contributed by atoms with van der Waals surface area (Å²) in [5, 5.41) is 9.94. The van der Waals surface area contributed by atoms with E-state index in [1.807, 2.05) is 12.1 Å². The van der Waals surface area contributed by atoms with Gasteiger partial charge in [-0.25, -0.2) is 0 Å². The van der Waals surface area contributed by atoms with Crippen LogP contribution in [0.1, 0.15) is 107 Å². The number of unbranched alkanes of at least 4 members (excludes halogenated alkanes) is 2. The summed E-state index contributed by atoms with van der Waals surface area (Å²) in [7, 11) is 0. The van der Waals surface area contributed by atoms with Crippen molar-refractivity contribution in [2.75, 3.05) is 6.61 Å². The minimum atomic E-state index is 0.325. The van der Waals surface area contributed by atoms with E-state index in [4.69, 9.17) is 4.74 Å². The number of carbonyl (C=O) groups is 1. The number of hydrogen-bond donors (Lipinski definition) is 1. The van der Waals surface area contributed by atoms with E-state index in [0.717, 1.165) is 67.9 Å². The van der Waals surface area contributed by atoms with Crippen LogP contribution < -0.4 is 4.74 Å². The van der Waals surface area contributed by atoms with Crippen molar-refractivity contribution in [2.45, 2.75) is 96.3 Å². The molecule has 3 heteroatoms. The highest BCUT2D eigenvalue weighted by molar-refractivity contribution is 5.83. The van der Waals surface area contributed by atoms with Crippen LogP contribution in [0.3, 0.4) is 0 Å². The van der Waals surface area contributed by atoms with Gasteiger partial charge in [0.2, 0.25) is 0 Å². The second-order valence-corrected chi connectivity index (χ2v) is 13.0. The van der Waals surface area contributed by atoms with Gasteiger partial charge in [0.05, 0.1) is 6.61 Å². The lowest BCUT2D eigenvalue weighted by molar-refractivity contribution is -0.123. The van der Waals surface area contributed by atoms with Crippen LogP contribution in [-0.2, 0) is 4.79 Å². The predicted octanol–water partition coefficient (Wildman–Crippen LogP) is 9.13. The molecule has 0 amide bonds. The third-order valence-corrected chi connectivity index (χ3v) is 10.3. The Morgan fingerprint density at radius 3 is 1.92 bits per heavy atom. The van der Waals surface area contributed by atoms with E-state index in [-0.39, 0.29) is 0 Å². The van der Waals surface area contributed by atoms with Gasteiger partial charge in [-0.2, -0.15) is 0 Å². The van der Waals surface area contributed by atoms with E-state index in [2.05, 4.69) is 36.4 Å². The summed E-state index contributed by atoms with van der Waals surface area (Å²) in [6, 6.07) is 16.6. The molecular weight excluding hydrogens is 480 g/mol. The number of ether oxygens (including phenoxy) is 1. The van der Waals surface area contributed by atoms with Gasteiger partial charge in [0, 0.05) is 12.3 Å². The van der Waals surface area contributed by atoms with Crippen LogP contribution in [-0.4, -0.2) is 17.5 Å². The summed E-state index contributed by atoms with van der Waals surface area (Å²) >= 11 is 0. The first-order chi connectivity index (χ1) is 19.1. The third-order valence-electron chi connectivity index (χ3n) is 10.3. The van der Waals surface area contributed by atoms with Crippen LogP contribution in [0.2, 0.25) is 0 Å². The molecule has 0 aromatic heterocycles. The minimum absolute atomic E-state index is 0.325. The van der Waals surface area contributed by atoms with Crippen LogP contribution in [0.5, 0.6) is 11.5 Å². The van der Waals surface area contributed by atoms with Crippen molar-refractivity contribution < 1.29 is 14.6 Å². The quantitative estimate of drug-likeness (QED) is 0.248. The Balaban J connectivity index is 1.06. The average Bonchev–Trinajstić information content (AvgIpc) is 3.23. The number of ketones is 1. The summed E-state index contributed by atoms with van der Waals surface area (Å²) < 4.78 is 6.11. The molecule has 2 aromatic rings. The fraction of sp³-hybridized carbons (Fsp3) is 0.583. The fourth-order valence-electron chi connectivity index (χ4n) is 8.52. The molecule has 0 heterocycles. The molecule has 3 nitrogen and oxygen atoms in total. The number of allylic oxidation sites excluding steroid dienone is 1. The van der Waals surface area contributed by atoms with Crippen LogP contribution in [0.4, 0.5) is 0 Å². The maximum Gasteiger partial charge on any atom is 0.135 e. The molecule has 208 valence electrons. The second-order valence-electron chi connectivity index (χ2n) is 13.0. The highest BCUT2D eigenvalue weighted by Crippen LogP contribution is 2.58. The Labute approximate surface area is 235 Å². The topological polar surface area (TPSA) is 46.5 Å². The first kappa shape index (κ1) is 26.7. The Morgan fingerprint density at radius 1 is 0.718 bits per heavy atom. The average molecular weight is 527 g/mol. The van der Waals surface area contributed by atoms with Crippen molar-refractivity contribution in [2.24, 2.45) is 29.6 Å². The van der Waals surface area contributed by atoms with Crippen molar-refractivity contribution in [3.63, 3.8) is 0 Å². The van der Waals surface area contributed by atoms with Crippen molar-refractivity contribution in [1.29, 1.82) is 0 Å². The van der Waals surface area contributed by atoms with Crippen LogP contribution in [0.15, 0.2) is 54.1 Å². The maximum absolute atomic E-state index is 12.6. The number of aromatic hydroxyl groups is 1. The number of benzene rings is 2. The normalized spacial score (nSPS) is 26.4. The number of rotatable bonds is 10. The number of Topliss-reactive ketones (excluding diaryl/α,β-unsaturated/α-hetero) is 1. The molecule has 1 N–H and O–H groups in total. The number of phenols is 1. The molecule has 0 spiro atoms. The Morgan fingerprint density at radius 2 is 1.31 bits per heavy atom. The highest BCUT2D eigenvalue weighted by atomic mass is 16.5. The number of hydrogen-bond acceptors (Lipinski definition) is 3. The zero-order valence-electron chi connectivity index (χ0n) is 23.6. The summed E-state index contributed by atoms with van der Waals surface area (Å²) in [5.74, 6) is 5.39. The smallest absolute Gasteiger partial charge is 0.135 e. The van der Waals surface area contributed by atoms with Crippen molar-refractivity contribution in [1.82, 2.24) is 0 Å². The second kappa shape index (κ2) is 12.3. The van der Waals surface area contributed by atoms with Gasteiger partial charge in [0.15, 0.2) is 0 Å². The van der Waals surface area contributed by atoms with Crippen molar-refractivity contribution >= 4 is 11.4 Å². The summed E-state index contributed by atoms with van der Waals surface area (Å²) in [5.41, 5.74) is 5.57.